The fourth-order valence-electron chi connectivity index (χ4n) is 2.14. The number of allylic oxidation sites excluding steroid dienone is 2. The summed E-state index contributed by atoms with van der Waals surface area (Å²) in [4.78, 5) is 0. The predicted molar refractivity (Wildman–Crippen MR) is 55.3 cm³/mol. The van der Waals surface area contributed by atoms with Gasteiger partial charge >= 0.3 is 0 Å². The lowest BCUT2D eigenvalue weighted by Crippen LogP contribution is -2.30. The lowest BCUT2D eigenvalue weighted by molar-refractivity contribution is 0.226. The van der Waals surface area contributed by atoms with E-state index in [9.17, 15) is 0 Å². The van der Waals surface area contributed by atoms with Crippen molar-refractivity contribution in [2.24, 2.45) is 17.6 Å². The molecular formula is C11H21NO. The van der Waals surface area contributed by atoms with E-state index in [1.54, 1.807) is 0 Å². The third kappa shape index (κ3) is 3.12. The van der Waals surface area contributed by atoms with Crippen molar-refractivity contribution in [1.29, 1.82) is 0 Å². The van der Waals surface area contributed by atoms with Crippen LogP contribution in [0.2, 0.25) is 0 Å². The van der Waals surface area contributed by atoms with Crippen molar-refractivity contribution in [2.75, 3.05) is 6.61 Å². The maximum atomic E-state index is 8.86. The van der Waals surface area contributed by atoms with Crippen LogP contribution in [-0.2, 0) is 0 Å². The first-order valence-electron chi connectivity index (χ1n) is 5.17. The molecule has 0 saturated heterocycles. The van der Waals surface area contributed by atoms with E-state index >= 15 is 0 Å². The smallest absolute Gasteiger partial charge is 0.0582 e. The van der Waals surface area contributed by atoms with Gasteiger partial charge in [-0.1, -0.05) is 18.6 Å². The van der Waals surface area contributed by atoms with E-state index in [1.807, 2.05) is 0 Å². The molecule has 0 fully saturated rings. The Morgan fingerprint density at radius 2 is 2.38 bits per heavy atom. The molecule has 0 aromatic carbocycles. The molecule has 13 heavy (non-hydrogen) atoms. The Bertz CT molecular complexity index is 189. The summed E-state index contributed by atoms with van der Waals surface area (Å²) < 4.78 is 0. The van der Waals surface area contributed by atoms with Crippen LogP contribution in [0.3, 0.4) is 0 Å². The van der Waals surface area contributed by atoms with Crippen LogP contribution >= 0.6 is 0 Å². The number of hydrogen-bond acceptors (Lipinski definition) is 2. The van der Waals surface area contributed by atoms with Crippen LogP contribution in [0.4, 0.5) is 0 Å². The zero-order valence-electron chi connectivity index (χ0n) is 8.66. The maximum absolute atomic E-state index is 8.86. The Kier molecular flexibility index (Phi) is 3.94. The maximum Gasteiger partial charge on any atom is 0.0582 e. The topological polar surface area (TPSA) is 46.2 Å². The third-order valence-corrected chi connectivity index (χ3v) is 3.04. The minimum atomic E-state index is -0.0285. The second-order valence-corrected chi connectivity index (χ2v) is 4.35. The highest BCUT2D eigenvalue weighted by Gasteiger charge is 2.21. The highest BCUT2D eigenvalue weighted by Crippen LogP contribution is 2.31. The molecule has 0 saturated carbocycles. The molecule has 0 aliphatic heterocycles. The highest BCUT2D eigenvalue weighted by molar-refractivity contribution is 5.06. The Labute approximate surface area is 80.8 Å². The van der Waals surface area contributed by atoms with Gasteiger partial charge in [0, 0.05) is 6.04 Å². The van der Waals surface area contributed by atoms with Gasteiger partial charge in [0.05, 0.1) is 6.61 Å². The standard InChI is InChI=1S/C11H21NO/c1-8-3-4-10(9(2)5-8)6-11(12)7-13/h5,9-11,13H,3-4,6-7,12H2,1-2H3. The minimum Gasteiger partial charge on any atom is -0.395 e. The molecule has 76 valence electrons. The third-order valence-electron chi connectivity index (χ3n) is 3.04. The van der Waals surface area contributed by atoms with Gasteiger partial charge in [-0.3, -0.25) is 0 Å². The summed E-state index contributed by atoms with van der Waals surface area (Å²) in [6, 6.07) is -0.0285. The first-order chi connectivity index (χ1) is 6.13. The summed E-state index contributed by atoms with van der Waals surface area (Å²) in [7, 11) is 0. The lowest BCUT2D eigenvalue weighted by Gasteiger charge is -2.28. The lowest BCUT2D eigenvalue weighted by atomic mass is 9.79. The van der Waals surface area contributed by atoms with Crippen molar-refractivity contribution in [2.45, 2.75) is 39.2 Å². The number of hydrogen-bond donors (Lipinski definition) is 2. The molecule has 0 bridgehead atoms. The molecule has 3 atom stereocenters. The summed E-state index contributed by atoms with van der Waals surface area (Å²) in [5, 5.41) is 8.86. The fourth-order valence-corrected chi connectivity index (χ4v) is 2.14. The van der Waals surface area contributed by atoms with Crippen LogP contribution in [0.25, 0.3) is 0 Å². The molecule has 0 aromatic rings. The molecule has 2 heteroatoms. The number of aliphatic hydroxyl groups is 1. The predicted octanol–water partition coefficient (Wildman–Crippen LogP) is 1.69. The van der Waals surface area contributed by atoms with Gasteiger partial charge in [-0.15, -0.1) is 0 Å². The average Bonchev–Trinajstić information content (AvgIpc) is 2.09. The van der Waals surface area contributed by atoms with Crippen molar-refractivity contribution >= 4 is 0 Å². The Morgan fingerprint density at radius 1 is 1.69 bits per heavy atom. The molecule has 0 spiro atoms. The van der Waals surface area contributed by atoms with Crippen molar-refractivity contribution in [3.8, 4) is 0 Å². The van der Waals surface area contributed by atoms with Crippen LogP contribution in [-0.4, -0.2) is 17.8 Å². The van der Waals surface area contributed by atoms with Gasteiger partial charge in [0.1, 0.15) is 0 Å². The molecule has 0 amide bonds. The number of rotatable bonds is 3. The van der Waals surface area contributed by atoms with Crippen LogP contribution in [0.5, 0.6) is 0 Å². The van der Waals surface area contributed by atoms with Crippen molar-refractivity contribution < 1.29 is 5.11 Å². The van der Waals surface area contributed by atoms with Crippen LogP contribution in [0.15, 0.2) is 11.6 Å². The summed E-state index contributed by atoms with van der Waals surface area (Å²) in [6.45, 7) is 4.56. The zero-order chi connectivity index (χ0) is 9.84. The molecule has 3 unspecified atom stereocenters. The van der Waals surface area contributed by atoms with E-state index < -0.39 is 0 Å². The van der Waals surface area contributed by atoms with E-state index in [1.165, 1.54) is 18.4 Å². The second kappa shape index (κ2) is 4.77. The molecule has 1 aliphatic carbocycles. The summed E-state index contributed by atoms with van der Waals surface area (Å²) in [5.74, 6) is 1.30. The van der Waals surface area contributed by atoms with Crippen LogP contribution < -0.4 is 5.73 Å². The molecule has 1 rings (SSSR count). The van der Waals surface area contributed by atoms with Crippen molar-refractivity contribution in [3.05, 3.63) is 11.6 Å². The highest BCUT2D eigenvalue weighted by atomic mass is 16.3. The SMILES string of the molecule is CC1=CC(C)C(CC(N)CO)CC1. The molecule has 3 N–H and O–H groups in total. The van der Waals surface area contributed by atoms with Gasteiger partial charge in [0.2, 0.25) is 0 Å². The Balaban J connectivity index is 2.44. The van der Waals surface area contributed by atoms with E-state index in [0.717, 1.165) is 6.42 Å². The van der Waals surface area contributed by atoms with Crippen LogP contribution in [0, 0.1) is 11.8 Å². The largest absolute Gasteiger partial charge is 0.395 e. The van der Waals surface area contributed by atoms with Crippen molar-refractivity contribution in [3.63, 3.8) is 0 Å². The quantitative estimate of drug-likeness (QED) is 0.654. The fraction of sp³-hybridized carbons (Fsp3) is 0.818. The molecule has 0 heterocycles. The summed E-state index contributed by atoms with van der Waals surface area (Å²) in [6.07, 6.45) is 5.74. The first kappa shape index (κ1) is 10.7. The van der Waals surface area contributed by atoms with Gasteiger partial charge in [0.15, 0.2) is 0 Å². The van der Waals surface area contributed by atoms with Gasteiger partial charge in [-0.05, 0) is 38.0 Å². The van der Waals surface area contributed by atoms with Crippen molar-refractivity contribution in [1.82, 2.24) is 0 Å². The minimum absolute atomic E-state index is 0.0285. The van der Waals surface area contributed by atoms with E-state index in [4.69, 9.17) is 10.8 Å². The van der Waals surface area contributed by atoms with Crippen LogP contribution in [0.1, 0.15) is 33.1 Å². The normalized spacial score (nSPS) is 31.2. The van der Waals surface area contributed by atoms with Gasteiger partial charge in [0.25, 0.3) is 0 Å². The number of nitrogens with two attached hydrogens (primary N) is 1. The monoisotopic (exact) mass is 183 g/mol. The summed E-state index contributed by atoms with van der Waals surface area (Å²) >= 11 is 0. The second-order valence-electron chi connectivity index (χ2n) is 4.35. The molecular weight excluding hydrogens is 162 g/mol. The van der Waals surface area contributed by atoms with E-state index in [2.05, 4.69) is 19.9 Å². The molecule has 0 aromatic heterocycles. The first-order valence-corrected chi connectivity index (χ1v) is 5.17. The number of aliphatic hydroxyl groups excluding tert-OH is 1. The molecule has 2 nitrogen and oxygen atoms in total. The zero-order valence-corrected chi connectivity index (χ0v) is 8.66. The summed E-state index contributed by atoms with van der Waals surface area (Å²) in [5.41, 5.74) is 7.23. The van der Waals surface area contributed by atoms with Gasteiger partial charge in [-0.2, -0.15) is 0 Å². The molecule has 0 radical (unpaired) electrons. The van der Waals surface area contributed by atoms with E-state index in [-0.39, 0.29) is 12.6 Å². The molecule has 1 aliphatic rings. The van der Waals surface area contributed by atoms with Gasteiger partial charge < -0.3 is 10.8 Å². The average molecular weight is 183 g/mol. The van der Waals surface area contributed by atoms with E-state index in [0.29, 0.717) is 11.8 Å². The van der Waals surface area contributed by atoms with Gasteiger partial charge in [-0.25, -0.2) is 0 Å². The Morgan fingerprint density at radius 3 is 2.92 bits per heavy atom. The Hall–Kier alpha value is -0.340.